The molecule has 1 atom stereocenters. The molecule has 0 bridgehead atoms. The monoisotopic (exact) mass is 409 g/mol. The first-order chi connectivity index (χ1) is 13.8. The summed E-state index contributed by atoms with van der Waals surface area (Å²) in [5, 5.41) is 6.21. The van der Waals surface area contributed by atoms with E-state index in [2.05, 4.69) is 25.4 Å². The Morgan fingerprint density at radius 1 is 1.17 bits per heavy atom. The number of carbonyl (C=O) groups excluding carboxylic acids is 1. The first-order valence-electron chi connectivity index (χ1n) is 10.3. The van der Waals surface area contributed by atoms with Crippen molar-refractivity contribution >= 4 is 11.9 Å². The number of hydrogen-bond acceptors (Lipinski definition) is 3. The molecule has 1 heterocycles. The molecule has 1 unspecified atom stereocenters. The number of carbonyl (C=O) groups is 1. The average molecular weight is 410 g/mol. The molecule has 2 rings (SSSR count). The molecule has 29 heavy (non-hydrogen) atoms. The van der Waals surface area contributed by atoms with Crippen LogP contribution in [0, 0.1) is 11.6 Å². The highest BCUT2D eigenvalue weighted by Crippen LogP contribution is 2.20. The lowest BCUT2D eigenvalue weighted by Crippen LogP contribution is -2.54. The number of nitrogens with one attached hydrogen (secondary N) is 2. The molecule has 1 amide bonds. The van der Waals surface area contributed by atoms with Crippen LogP contribution in [0.3, 0.4) is 0 Å². The summed E-state index contributed by atoms with van der Waals surface area (Å²) in [5.74, 6) is -0.441. The molecular formula is C21H33F2N5O. The molecule has 1 aliphatic rings. The molecule has 0 aromatic heterocycles. The third kappa shape index (κ3) is 7.27. The Balaban J connectivity index is 1.93. The SMILES string of the molecule is CCNC(=NCC(C)c1ccc(F)cc1F)N1CCN(CC(=O)NC(C)C)CC1. The summed E-state index contributed by atoms with van der Waals surface area (Å²) >= 11 is 0. The Labute approximate surface area is 172 Å². The minimum absolute atomic E-state index is 0.0455. The van der Waals surface area contributed by atoms with Gasteiger partial charge in [-0.05, 0) is 32.4 Å². The largest absolute Gasteiger partial charge is 0.357 e. The fraction of sp³-hybridized carbons (Fsp3) is 0.619. The molecule has 1 fully saturated rings. The molecule has 0 aliphatic carbocycles. The molecule has 2 N–H and O–H groups in total. The van der Waals surface area contributed by atoms with E-state index in [4.69, 9.17) is 0 Å². The third-order valence-corrected chi connectivity index (χ3v) is 4.83. The summed E-state index contributed by atoms with van der Waals surface area (Å²) in [7, 11) is 0. The number of nitrogens with zero attached hydrogens (tertiary/aromatic N) is 3. The maximum atomic E-state index is 14.0. The van der Waals surface area contributed by atoms with Crippen molar-refractivity contribution in [2.24, 2.45) is 4.99 Å². The molecule has 1 saturated heterocycles. The molecule has 1 aliphatic heterocycles. The maximum Gasteiger partial charge on any atom is 0.234 e. The molecule has 0 spiro atoms. The van der Waals surface area contributed by atoms with Gasteiger partial charge in [0.15, 0.2) is 5.96 Å². The van der Waals surface area contributed by atoms with Gasteiger partial charge in [-0.15, -0.1) is 0 Å². The van der Waals surface area contributed by atoms with Gasteiger partial charge in [0.2, 0.25) is 5.91 Å². The fourth-order valence-electron chi connectivity index (χ4n) is 3.34. The van der Waals surface area contributed by atoms with E-state index in [9.17, 15) is 13.6 Å². The molecule has 0 saturated carbocycles. The van der Waals surface area contributed by atoms with Gasteiger partial charge in [-0.25, -0.2) is 8.78 Å². The lowest BCUT2D eigenvalue weighted by Gasteiger charge is -2.36. The van der Waals surface area contributed by atoms with Gasteiger partial charge >= 0.3 is 0 Å². The van der Waals surface area contributed by atoms with Crippen molar-refractivity contribution in [1.82, 2.24) is 20.4 Å². The Morgan fingerprint density at radius 2 is 1.86 bits per heavy atom. The number of piperazine rings is 1. The van der Waals surface area contributed by atoms with Gasteiger partial charge in [0.05, 0.1) is 6.54 Å². The van der Waals surface area contributed by atoms with Crippen molar-refractivity contribution < 1.29 is 13.6 Å². The Kier molecular flexibility index (Phi) is 8.82. The van der Waals surface area contributed by atoms with E-state index in [0.29, 0.717) is 18.7 Å². The molecule has 162 valence electrons. The molecule has 8 heteroatoms. The number of guanidine groups is 1. The van der Waals surface area contributed by atoms with Gasteiger partial charge in [0.25, 0.3) is 0 Å². The summed E-state index contributed by atoms with van der Waals surface area (Å²) in [6.07, 6.45) is 0. The average Bonchev–Trinajstić information content (AvgIpc) is 2.65. The Morgan fingerprint density at radius 3 is 2.45 bits per heavy atom. The summed E-state index contributed by atoms with van der Waals surface area (Å²) in [5.41, 5.74) is 0.465. The van der Waals surface area contributed by atoms with E-state index in [-0.39, 0.29) is 17.9 Å². The minimum atomic E-state index is -0.574. The summed E-state index contributed by atoms with van der Waals surface area (Å²) in [6, 6.07) is 3.82. The minimum Gasteiger partial charge on any atom is -0.357 e. The summed E-state index contributed by atoms with van der Waals surface area (Å²) < 4.78 is 27.1. The molecule has 1 aromatic carbocycles. The highest BCUT2D eigenvalue weighted by molar-refractivity contribution is 5.80. The standard InChI is InChI=1S/C21H33F2N5O/c1-5-24-21(25-13-16(4)18-7-6-17(22)12-19(18)23)28-10-8-27(9-11-28)14-20(29)26-15(2)3/h6-7,12,15-16H,5,8-11,13-14H2,1-4H3,(H,24,25)(H,26,29). The second-order valence-corrected chi connectivity index (χ2v) is 7.75. The van der Waals surface area contributed by atoms with E-state index >= 15 is 0 Å². The molecule has 1 aromatic rings. The topological polar surface area (TPSA) is 60.0 Å². The molecule has 6 nitrogen and oxygen atoms in total. The third-order valence-electron chi connectivity index (χ3n) is 4.83. The van der Waals surface area contributed by atoms with Crippen LogP contribution in [0.4, 0.5) is 8.78 Å². The number of benzene rings is 1. The van der Waals surface area contributed by atoms with Crippen molar-refractivity contribution in [3.8, 4) is 0 Å². The second kappa shape index (κ2) is 11.1. The van der Waals surface area contributed by atoms with Crippen LogP contribution in [-0.2, 0) is 4.79 Å². The van der Waals surface area contributed by atoms with Crippen molar-refractivity contribution in [2.45, 2.75) is 39.7 Å². The fourth-order valence-corrected chi connectivity index (χ4v) is 3.34. The van der Waals surface area contributed by atoms with Crippen LogP contribution in [0.15, 0.2) is 23.2 Å². The predicted molar refractivity (Wildman–Crippen MR) is 112 cm³/mol. The van der Waals surface area contributed by atoms with Crippen LogP contribution in [0.1, 0.15) is 39.2 Å². The van der Waals surface area contributed by atoms with E-state index in [1.807, 2.05) is 27.7 Å². The lowest BCUT2D eigenvalue weighted by atomic mass is 10.0. The van der Waals surface area contributed by atoms with E-state index in [0.717, 1.165) is 44.7 Å². The predicted octanol–water partition coefficient (Wildman–Crippen LogP) is 2.18. The van der Waals surface area contributed by atoms with Crippen molar-refractivity contribution in [2.75, 3.05) is 45.8 Å². The zero-order valence-corrected chi connectivity index (χ0v) is 17.8. The Bertz CT molecular complexity index is 702. The summed E-state index contributed by atoms with van der Waals surface area (Å²) in [4.78, 5) is 20.9. The van der Waals surface area contributed by atoms with Crippen LogP contribution in [0.25, 0.3) is 0 Å². The van der Waals surface area contributed by atoms with Crippen LogP contribution in [0.5, 0.6) is 0 Å². The zero-order valence-electron chi connectivity index (χ0n) is 17.8. The van der Waals surface area contributed by atoms with Crippen LogP contribution in [0.2, 0.25) is 0 Å². The molecular weight excluding hydrogens is 376 g/mol. The number of hydrogen-bond donors (Lipinski definition) is 2. The van der Waals surface area contributed by atoms with Gasteiger partial charge in [-0.2, -0.15) is 0 Å². The van der Waals surface area contributed by atoms with Gasteiger partial charge in [-0.3, -0.25) is 14.7 Å². The van der Waals surface area contributed by atoms with Crippen LogP contribution in [-0.4, -0.2) is 73.5 Å². The maximum absolute atomic E-state index is 14.0. The smallest absolute Gasteiger partial charge is 0.234 e. The van der Waals surface area contributed by atoms with Gasteiger partial charge in [0.1, 0.15) is 11.6 Å². The van der Waals surface area contributed by atoms with Gasteiger partial charge in [-0.1, -0.05) is 13.0 Å². The number of amides is 1. The number of halogens is 2. The Hall–Kier alpha value is -2.22. The normalized spacial score (nSPS) is 16.8. The van der Waals surface area contributed by atoms with Crippen molar-refractivity contribution in [1.29, 1.82) is 0 Å². The lowest BCUT2D eigenvalue weighted by molar-refractivity contribution is -0.123. The summed E-state index contributed by atoms with van der Waals surface area (Å²) in [6.45, 7) is 12.4. The second-order valence-electron chi connectivity index (χ2n) is 7.75. The zero-order chi connectivity index (χ0) is 21.4. The highest BCUT2D eigenvalue weighted by atomic mass is 19.1. The van der Waals surface area contributed by atoms with Crippen LogP contribution < -0.4 is 10.6 Å². The van der Waals surface area contributed by atoms with Crippen molar-refractivity contribution in [3.63, 3.8) is 0 Å². The first kappa shape index (κ1) is 23.1. The van der Waals surface area contributed by atoms with E-state index in [1.165, 1.54) is 12.1 Å². The number of aliphatic imine (C=N–C) groups is 1. The quantitative estimate of drug-likeness (QED) is 0.535. The molecule has 0 radical (unpaired) electrons. The van der Waals surface area contributed by atoms with E-state index in [1.54, 1.807) is 0 Å². The van der Waals surface area contributed by atoms with E-state index < -0.39 is 11.6 Å². The highest BCUT2D eigenvalue weighted by Gasteiger charge is 2.21. The number of rotatable bonds is 7. The van der Waals surface area contributed by atoms with Gasteiger partial charge in [0, 0.05) is 57.3 Å². The van der Waals surface area contributed by atoms with Gasteiger partial charge < -0.3 is 15.5 Å². The first-order valence-corrected chi connectivity index (χ1v) is 10.3. The van der Waals surface area contributed by atoms with Crippen LogP contribution >= 0.6 is 0 Å². The van der Waals surface area contributed by atoms with Crippen molar-refractivity contribution in [3.05, 3.63) is 35.4 Å².